The number of carboxylic acids is 1. The molecule has 1 amide bonds. The molecule has 32 heavy (non-hydrogen) atoms. The first-order chi connectivity index (χ1) is 15.4. The number of nitrogens with zero attached hydrogens (tertiary/aromatic N) is 1. The molecule has 1 aromatic carbocycles. The Bertz CT molecular complexity index is 936. The van der Waals surface area contributed by atoms with Crippen molar-refractivity contribution < 1.29 is 24.0 Å². The SMILES string of the molecule is CCC(CC)O[C@@H]1C=C(C(=O)O)C[C@H](NCc2cc(-c3ccccc3)no2)[C@H]1NC(C)=O. The number of nitrogens with one attached hydrogen (secondary N) is 2. The summed E-state index contributed by atoms with van der Waals surface area (Å²) in [4.78, 5) is 23.7. The summed E-state index contributed by atoms with van der Waals surface area (Å²) in [6, 6.07) is 10.8. The van der Waals surface area contributed by atoms with Crippen LogP contribution in [0.4, 0.5) is 0 Å². The molecule has 8 heteroatoms. The molecule has 8 nitrogen and oxygen atoms in total. The third-order valence-corrected chi connectivity index (χ3v) is 5.66. The van der Waals surface area contributed by atoms with Crippen LogP contribution in [0.2, 0.25) is 0 Å². The molecular formula is C24H31N3O5. The molecule has 0 fully saturated rings. The van der Waals surface area contributed by atoms with Crippen LogP contribution in [0.25, 0.3) is 11.3 Å². The van der Waals surface area contributed by atoms with Crippen molar-refractivity contribution in [3.8, 4) is 11.3 Å². The van der Waals surface area contributed by atoms with Crippen LogP contribution in [0.5, 0.6) is 0 Å². The van der Waals surface area contributed by atoms with Crippen molar-refractivity contribution in [2.24, 2.45) is 0 Å². The highest BCUT2D eigenvalue weighted by molar-refractivity contribution is 5.87. The lowest BCUT2D eigenvalue weighted by molar-refractivity contribution is -0.133. The van der Waals surface area contributed by atoms with Crippen molar-refractivity contribution in [3.63, 3.8) is 0 Å². The Hall–Kier alpha value is -2.97. The fraction of sp³-hybridized carbons (Fsp3) is 0.458. The smallest absolute Gasteiger partial charge is 0.331 e. The number of benzene rings is 1. The first kappa shape index (κ1) is 23.7. The van der Waals surface area contributed by atoms with Crippen LogP contribution in [0.15, 0.2) is 52.6 Å². The molecule has 1 aromatic heterocycles. The van der Waals surface area contributed by atoms with Crippen molar-refractivity contribution in [3.05, 3.63) is 53.8 Å². The number of carboxylic acid groups (broad SMARTS) is 1. The minimum atomic E-state index is -0.984. The van der Waals surface area contributed by atoms with Crippen molar-refractivity contribution in [1.29, 1.82) is 0 Å². The summed E-state index contributed by atoms with van der Waals surface area (Å²) in [5.74, 6) is -0.560. The maximum Gasteiger partial charge on any atom is 0.331 e. The van der Waals surface area contributed by atoms with Gasteiger partial charge in [-0.25, -0.2) is 4.79 Å². The van der Waals surface area contributed by atoms with Gasteiger partial charge >= 0.3 is 5.97 Å². The number of rotatable bonds is 10. The summed E-state index contributed by atoms with van der Waals surface area (Å²) >= 11 is 0. The van der Waals surface area contributed by atoms with Gasteiger partial charge in [0.05, 0.1) is 24.8 Å². The van der Waals surface area contributed by atoms with Gasteiger partial charge in [0.2, 0.25) is 5.91 Å². The quantitative estimate of drug-likeness (QED) is 0.518. The van der Waals surface area contributed by atoms with E-state index in [1.54, 1.807) is 6.08 Å². The topological polar surface area (TPSA) is 114 Å². The number of aromatic nitrogens is 1. The molecule has 3 rings (SSSR count). The van der Waals surface area contributed by atoms with Gasteiger partial charge < -0.3 is 25.0 Å². The molecule has 0 saturated heterocycles. The second-order valence-corrected chi connectivity index (χ2v) is 8.00. The molecule has 172 valence electrons. The van der Waals surface area contributed by atoms with E-state index in [4.69, 9.17) is 9.26 Å². The maximum atomic E-state index is 11.9. The summed E-state index contributed by atoms with van der Waals surface area (Å²) in [5, 5.41) is 20.1. The fourth-order valence-corrected chi connectivity index (χ4v) is 3.94. The molecule has 0 aliphatic heterocycles. The largest absolute Gasteiger partial charge is 0.478 e. The van der Waals surface area contributed by atoms with Gasteiger partial charge in [-0.2, -0.15) is 0 Å². The van der Waals surface area contributed by atoms with Gasteiger partial charge in [-0.1, -0.05) is 49.3 Å². The second-order valence-electron chi connectivity index (χ2n) is 8.00. The summed E-state index contributed by atoms with van der Waals surface area (Å²) in [5.41, 5.74) is 1.94. The number of hydrogen-bond acceptors (Lipinski definition) is 6. The van der Waals surface area contributed by atoms with Gasteiger partial charge in [-0.3, -0.25) is 4.79 Å². The number of carbonyl (C=O) groups is 2. The van der Waals surface area contributed by atoms with E-state index in [0.717, 1.165) is 24.1 Å². The first-order valence-electron chi connectivity index (χ1n) is 11.0. The van der Waals surface area contributed by atoms with Crippen LogP contribution in [-0.4, -0.2) is 46.4 Å². The molecular weight excluding hydrogens is 410 g/mol. The van der Waals surface area contributed by atoms with Crippen LogP contribution in [-0.2, 0) is 20.9 Å². The zero-order chi connectivity index (χ0) is 23.1. The monoisotopic (exact) mass is 441 g/mol. The van der Waals surface area contributed by atoms with Gasteiger partial charge in [0.25, 0.3) is 0 Å². The molecule has 1 heterocycles. The van der Waals surface area contributed by atoms with Gasteiger partial charge in [0.15, 0.2) is 5.76 Å². The first-order valence-corrected chi connectivity index (χ1v) is 11.0. The average Bonchev–Trinajstić information content (AvgIpc) is 3.26. The van der Waals surface area contributed by atoms with E-state index in [1.165, 1.54) is 6.92 Å². The molecule has 3 N–H and O–H groups in total. The van der Waals surface area contributed by atoms with E-state index in [1.807, 2.05) is 50.2 Å². The number of hydrogen-bond donors (Lipinski definition) is 3. The standard InChI is InChI=1S/C24H31N3O5/c1-4-18(5-2)31-22-12-17(24(29)30)11-21(23(22)26-15(3)28)25-14-19-13-20(27-32-19)16-9-7-6-8-10-16/h6-10,12-13,18,21-23,25H,4-5,11,14H2,1-3H3,(H,26,28)(H,29,30)/t21-,22+,23+/m0/s1. The third kappa shape index (κ3) is 6.05. The van der Waals surface area contributed by atoms with Crippen LogP contribution in [0.1, 0.15) is 45.8 Å². The van der Waals surface area contributed by atoms with Crippen molar-refractivity contribution in [2.75, 3.05) is 0 Å². The zero-order valence-electron chi connectivity index (χ0n) is 18.7. The second kappa shape index (κ2) is 11.1. The fourth-order valence-electron chi connectivity index (χ4n) is 3.94. The molecule has 0 spiro atoms. The van der Waals surface area contributed by atoms with Gasteiger partial charge in [-0.05, 0) is 25.3 Å². The molecule has 0 bridgehead atoms. The van der Waals surface area contributed by atoms with E-state index in [0.29, 0.717) is 12.3 Å². The molecule has 1 aliphatic rings. The molecule has 2 aromatic rings. The number of amides is 1. The predicted octanol–water partition coefficient (Wildman–Crippen LogP) is 3.29. The van der Waals surface area contributed by atoms with Crippen LogP contribution >= 0.6 is 0 Å². The Balaban J connectivity index is 1.78. The Morgan fingerprint density at radius 3 is 2.59 bits per heavy atom. The zero-order valence-corrected chi connectivity index (χ0v) is 18.7. The summed E-state index contributed by atoms with van der Waals surface area (Å²) in [7, 11) is 0. The van der Waals surface area contributed by atoms with Gasteiger partial charge in [0, 0.05) is 30.2 Å². The van der Waals surface area contributed by atoms with Crippen LogP contribution in [0, 0.1) is 0 Å². The highest BCUT2D eigenvalue weighted by atomic mass is 16.5. The number of aliphatic carboxylic acids is 1. The average molecular weight is 442 g/mol. The molecule has 0 radical (unpaired) electrons. The highest BCUT2D eigenvalue weighted by Crippen LogP contribution is 2.25. The van der Waals surface area contributed by atoms with E-state index in [9.17, 15) is 14.7 Å². The minimum absolute atomic E-state index is 0.0241. The molecule has 0 saturated carbocycles. The minimum Gasteiger partial charge on any atom is -0.478 e. The Morgan fingerprint density at radius 2 is 1.97 bits per heavy atom. The van der Waals surface area contributed by atoms with Gasteiger partial charge in [0.1, 0.15) is 5.69 Å². The van der Waals surface area contributed by atoms with Crippen molar-refractivity contribution in [1.82, 2.24) is 15.8 Å². The Labute approximate surface area is 188 Å². The van der Waals surface area contributed by atoms with Crippen LogP contribution < -0.4 is 10.6 Å². The summed E-state index contributed by atoms with van der Waals surface area (Å²) in [6.45, 7) is 5.84. The molecule has 1 aliphatic carbocycles. The predicted molar refractivity (Wildman–Crippen MR) is 120 cm³/mol. The van der Waals surface area contributed by atoms with E-state index < -0.39 is 18.1 Å². The summed E-state index contributed by atoms with van der Waals surface area (Å²) in [6.07, 6.45) is 2.91. The highest BCUT2D eigenvalue weighted by Gasteiger charge is 2.37. The number of ether oxygens (including phenoxy) is 1. The summed E-state index contributed by atoms with van der Waals surface area (Å²) < 4.78 is 11.7. The normalized spacial score (nSPS) is 20.8. The lowest BCUT2D eigenvalue weighted by Crippen LogP contribution is -2.58. The van der Waals surface area contributed by atoms with E-state index in [2.05, 4.69) is 15.8 Å². The maximum absolute atomic E-state index is 11.9. The third-order valence-electron chi connectivity index (χ3n) is 5.66. The lowest BCUT2D eigenvalue weighted by atomic mass is 9.87. The van der Waals surface area contributed by atoms with E-state index in [-0.39, 0.29) is 30.0 Å². The lowest BCUT2D eigenvalue weighted by Gasteiger charge is -2.38. The van der Waals surface area contributed by atoms with Crippen molar-refractivity contribution >= 4 is 11.9 Å². The van der Waals surface area contributed by atoms with Crippen molar-refractivity contribution in [2.45, 2.75) is 70.9 Å². The molecule has 3 atom stereocenters. The Kier molecular flexibility index (Phi) is 8.19. The number of carbonyl (C=O) groups excluding carboxylic acids is 1. The molecule has 0 unspecified atom stereocenters. The van der Waals surface area contributed by atoms with E-state index >= 15 is 0 Å². The Morgan fingerprint density at radius 1 is 1.25 bits per heavy atom. The van der Waals surface area contributed by atoms with Gasteiger partial charge in [-0.15, -0.1) is 0 Å². The van der Waals surface area contributed by atoms with Crippen LogP contribution in [0.3, 0.4) is 0 Å².